The lowest BCUT2D eigenvalue weighted by Crippen LogP contribution is -2.53. The van der Waals surface area contributed by atoms with Crippen LogP contribution in [0.3, 0.4) is 0 Å². The maximum absolute atomic E-state index is 12.3. The fourth-order valence-corrected chi connectivity index (χ4v) is 4.51. The minimum atomic E-state index is -0.674. The van der Waals surface area contributed by atoms with E-state index in [1.54, 1.807) is 0 Å². The molecule has 2 fully saturated rings. The fourth-order valence-electron chi connectivity index (χ4n) is 4.51. The Morgan fingerprint density at radius 2 is 1.93 bits per heavy atom. The van der Waals surface area contributed by atoms with E-state index in [0.29, 0.717) is 13.0 Å². The van der Waals surface area contributed by atoms with Crippen molar-refractivity contribution in [3.05, 3.63) is 35.9 Å². The molecule has 3 rings (SSSR count). The summed E-state index contributed by atoms with van der Waals surface area (Å²) >= 11 is 0. The van der Waals surface area contributed by atoms with E-state index in [1.807, 2.05) is 51.1 Å². The molecule has 5 nitrogen and oxygen atoms in total. The Balaban J connectivity index is 1.61. The molecular weight excluding hydrogens is 340 g/mol. The SMILES string of the molecule is CC(C)(C)OC(=O)N[C@@H](Cc1ccccc1)[C@H](O)CNC12CCC(CC1)C2. The van der Waals surface area contributed by atoms with E-state index >= 15 is 0 Å². The van der Waals surface area contributed by atoms with Crippen LogP contribution in [0.4, 0.5) is 4.79 Å². The lowest BCUT2D eigenvalue weighted by Gasteiger charge is -2.32. The third-order valence-electron chi connectivity index (χ3n) is 5.89. The molecule has 0 saturated heterocycles. The molecule has 0 heterocycles. The molecule has 2 aliphatic carbocycles. The van der Waals surface area contributed by atoms with Crippen LogP contribution in [0.2, 0.25) is 0 Å². The van der Waals surface area contributed by atoms with Crippen molar-refractivity contribution >= 4 is 6.09 Å². The lowest BCUT2D eigenvalue weighted by molar-refractivity contribution is 0.0414. The second kappa shape index (κ2) is 8.19. The largest absolute Gasteiger partial charge is 0.444 e. The molecule has 5 heteroatoms. The second-order valence-corrected chi connectivity index (χ2v) is 9.32. The number of alkyl carbamates (subject to hydrolysis) is 1. The molecule has 2 aliphatic rings. The maximum Gasteiger partial charge on any atom is 0.407 e. The first-order chi connectivity index (χ1) is 12.7. The van der Waals surface area contributed by atoms with Crippen LogP contribution >= 0.6 is 0 Å². The van der Waals surface area contributed by atoms with Crippen molar-refractivity contribution in [1.29, 1.82) is 0 Å². The summed E-state index contributed by atoms with van der Waals surface area (Å²) in [7, 11) is 0. The van der Waals surface area contributed by atoms with Crippen molar-refractivity contribution in [3.63, 3.8) is 0 Å². The van der Waals surface area contributed by atoms with Crippen molar-refractivity contribution in [3.8, 4) is 0 Å². The Morgan fingerprint density at radius 3 is 2.48 bits per heavy atom. The van der Waals surface area contributed by atoms with Gasteiger partial charge >= 0.3 is 6.09 Å². The number of aliphatic hydroxyl groups excluding tert-OH is 1. The molecule has 2 saturated carbocycles. The van der Waals surface area contributed by atoms with Crippen LogP contribution < -0.4 is 10.6 Å². The first kappa shape index (κ1) is 20.2. The van der Waals surface area contributed by atoms with Gasteiger partial charge in [0.1, 0.15) is 5.60 Å². The zero-order chi connectivity index (χ0) is 19.5. The first-order valence-electron chi connectivity index (χ1n) is 10.2. The molecule has 0 spiro atoms. The standard InChI is InChI=1S/C22H34N2O3/c1-21(2,3)27-20(26)24-18(13-16-7-5-4-6-8-16)19(25)15-23-22-11-9-17(14-22)10-12-22/h4-8,17-19,23,25H,9-15H2,1-3H3,(H,24,26)/t17?,18-,19+,22?/m0/s1. The van der Waals surface area contributed by atoms with Gasteiger partial charge in [-0.05, 0) is 70.8 Å². The molecule has 3 N–H and O–H groups in total. The van der Waals surface area contributed by atoms with Crippen LogP contribution in [0.5, 0.6) is 0 Å². The molecule has 150 valence electrons. The van der Waals surface area contributed by atoms with Gasteiger partial charge in [-0.15, -0.1) is 0 Å². The highest BCUT2D eigenvalue weighted by atomic mass is 16.6. The van der Waals surface area contributed by atoms with E-state index < -0.39 is 23.8 Å². The molecule has 0 aromatic heterocycles. The van der Waals surface area contributed by atoms with Crippen molar-refractivity contribution in [2.24, 2.45) is 5.92 Å². The number of carbonyl (C=O) groups excluding carboxylic acids is 1. The molecular formula is C22H34N2O3. The van der Waals surface area contributed by atoms with Crippen LogP contribution in [0.25, 0.3) is 0 Å². The second-order valence-electron chi connectivity index (χ2n) is 9.32. The normalized spacial score (nSPS) is 26.6. The van der Waals surface area contributed by atoms with E-state index in [0.717, 1.165) is 11.5 Å². The number of benzene rings is 1. The summed E-state index contributed by atoms with van der Waals surface area (Å²) in [6, 6.07) is 9.54. The summed E-state index contributed by atoms with van der Waals surface area (Å²) in [5, 5.41) is 17.4. The highest BCUT2D eigenvalue weighted by molar-refractivity contribution is 5.68. The lowest BCUT2D eigenvalue weighted by atomic mass is 9.93. The van der Waals surface area contributed by atoms with E-state index in [-0.39, 0.29) is 5.54 Å². The third kappa shape index (κ3) is 5.69. The Bertz CT molecular complexity index is 618. The van der Waals surface area contributed by atoms with Gasteiger partial charge < -0.3 is 20.5 Å². The zero-order valence-corrected chi connectivity index (χ0v) is 16.8. The molecule has 1 aromatic carbocycles. The number of ether oxygens (including phenoxy) is 1. The Hall–Kier alpha value is -1.59. The van der Waals surface area contributed by atoms with Crippen LogP contribution in [0.1, 0.15) is 58.4 Å². The number of amides is 1. The molecule has 1 aromatic rings. The number of carbonyl (C=O) groups is 1. The number of nitrogens with one attached hydrogen (secondary N) is 2. The molecule has 0 aliphatic heterocycles. The van der Waals surface area contributed by atoms with Crippen molar-refractivity contribution in [2.75, 3.05) is 6.54 Å². The number of fused-ring (bicyclic) bond motifs is 2. The van der Waals surface area contributed by atoms with E-state index in [9.17, 15) is 9.90 Å². The van der Waals surface area contributed by atoms with Crippen molar-refractivity contribution in [2.45, 2.75) is 82.6 Å². The number of hydrogen-bond acceptors (Lipinski definition) is 4. The fraction of sp³-hybridized carbons (Fsp3) is 0.682. The minimum Gasteiger partial charge on any atom is -0.444 e. The maximum atomic E-state index is 12.3. The van der Waals surface area contributed by atoms with Gasteiger partial charge in [-0.2, -0.15) is 0 Å². The van der Waals surface area contributed by atoms with Gasteiger partial charge in [-0.1, -0.05) is 30.3 Å². The topological polar surface area (TPSA) is 70.6 Å². The van der Waals surface area contributed by atoms with Crippen molar-refractivity contribution in [1.82, 2.24) is 10.6 Å². The summed E-state index contributed by atoms with van der Waals surface area (Å²) in [6.45, 7) is 6.01. The molecule has 0 radical (unpaired) electrons. The molecule has 0 unspecified atom stereocenters. The summed E-state index contributed by atoms with van der Waals surface area (Å²) in [5.74, 6) is 0.856. The van der Waals surface area contributed by atoms with E-state index in [1.165, 1.54) is 32.1 Å². The van der Waals surface area contributed by atoms with Gasteiger partial charge in [0.05, 0.1) is 12.1 Å². The van der Waals surface area contributed by atoms with Gasteiger partial charge in [0.2, 0.25) is 0 Å². The summed E-state index contributed by atoms with van der Waals surface area (Å²) in [6.07, 6.45) is 5.63. The quantitative estimate of drug-likeness (QED) is 0.684. The minimum absolute atomic E-state index is 0.203. The molecule has 2 bridgehead atoms. The van der Waals surface area contributed by atoms with Gasteiger partial charge in [-0.25, -0.2) is 4.79 Å². The molecule has 1 amide bonds. The summed E-state index contributed by atoms with van der Waals surface area (Å²) in [4.78, 5) is 12.3. The van der Waals surface area contributed by atoms with Crippen molar-refractivity contribution < 1.29 is 14.6 Å². The van der Waals surface area contributed by atoms with Crippen LogP contribution in [-0.4, -0.2) is 41.0 Å². The molecule has 2 atom stereocenters. The van der Waals surface area contributed by atoms with Crippen LogP contribution in [-0.2, 0) is 11.2 Å². The monoisotopic (exact) mass is 374 g/mol. The summed E-state index contributed by atoms with van der Waals surface area (Å²) in [5.41, 5.74) is 0.721. The number of β-amino-alcohol motifs (C(OH)–C–C–N with tert-alkyl or cyclic N) is 1. The van der Waals surface area contributed by atoms with E-state index in [4.69, 9.17) is 4.74 Å². The van der Waals surface area contributed by atoms with Gasteiger partial charge in [-0.3, -0.25) is 0 Å². The van der Waals surface area contributed by atoms with E-state index in [2.05, 4.69) is 10.6 Å². The number of aliphatic hydroxyl groups is 1. The molecule has 27 heavy (non-hydrogen) atoms. The average Bonchev–Trinajstić information content (AvgIpc) is 3.20. The first-order valence-corrected chi connectivity index (χ1v) is 10.2. The predicted molar refractivity (Wildman–Crippen MR) is 107 cm³/mol. The van der Waals surface area contributed by atoms with Crippen LogP contribution in [0, 0.1) is 5.92 Å². The Labute approximate surface area is 162 Å². The number of hydrogen-bond donors (Lipinski definition) is 3. The Morgan fingerprint density at radius 1 is 1.26 bits per heavy atom. The highest BCUT2D eigenvalue weighted by Crippen LogP contribution is 2.47. The average molecular weight is 375 g/mol. The van der Waals surface area contributed by atoms with Gasteiger partial charge in [0.15, 0.2) is 0 Å². The zero-order valence-electron chi connectivity index (χ0n) is 16.8. The smallest absolute Gasteiger partial charge is 0.407 e. The Kier molecular flexibility index (Phi) is 6.11. The summed E-state index contributed by atoms with van der Waals surface area (Å²) < 4.78 is 5.40. The predicted octanol–water partition coefficient (Wildman–Crippen LogP) is 3.41. The third-order valence-corrected chi connectivity index (χ3v) is 5.89. The van der Waals surface area contributed by atoms with Gasteiger partial charge in [0.25, 0.3) is 0 Å². The van der Waals surface area contributed by atoms with Crippen LogP contribution in [0.15, 0.2) is 30.3 Å². The number of rotatable bonds is 7. The highest BCUT2D eigenvalue weighted by Gasteiger charge is 2.44. The van der Waals surface area contributed by atoms with Gasteiger partial charge in [0, 0.05) is 12.1 Å².